The monoisotopic (exact) mass is 279 g/mol. The summed E-state index contributed by atoms with van der Waals surface area (Å²) in [7, 11) is 0. The Labute approximate surface area is 121 Å². The Kier molecular flexibility index (Phi) is 6.52. The number of rotatable bonds is 8. The molecular formula is C16H25NO3. The van der Waals surface area contributed by atoms with E-state index in [9.17, 15) is 9.90 Å². The van der Waals surface area contributed by atoms with E-state index in [0.717, 1.165) is 12.2 Å². The first-order chi connectivity index (χ1) is 9.43. The van der Waals surface area contributed by atoms with Gasteiger partial charge in [-0.25, -0.2) is 0 Å². The van der Waals surface area contributed by atoms with Crippen molar-refractivity contribution in [3.05, 3.63) is 29.8 Å². The van der Waals surface area contributed by atoms with Crippen molar-refractivity contribution in [2.45, 2.75) is 45.6 Å². The third-order valence-electron chi connectivity index (χ3n) is 3.07. The molecule has 0 fully saturated rings. The fourth-order valence-corrected chi connectivity index (χ4v) is 1.90. The molecule has 4 nitrogen and oxygen atoms in total. The summed E-state index contributed by atoms with van der Waals surface area (Å²) in [5.41, 5.74) is 0.343. The Morgan fingerprint density at radius 2 is 2.00 bits per heavy atom. The molecule has 2 N–H and O–H groups in total. The van der Waals surface area contributed by atoms with Gasteiger partial charge in [-0.1, -0.05) is 31.0 Å². The Bertz CT molecular complexity index is 412. The lowest BCUT2D eigenvalue weighted by molar-refractivity contribution is -0.122. The molecule has 4 heteroatoms. The third kappa shape index (κ3) is 6.57. The Morgan fingerprint density at radius 1 is 1.35 bits per heavy atom. The van der Waals surface area contributed by atoms with E-state index in [1.807, 2.05) is 38.1 Å². The molecule has 0 bridgehead atoms. The van der Waals surface area contributed by atoms with Crippen LogP contribution in [0.15, 0.2) is 24.3 Å². The number of nitrogens with one attached hydrogen (secondary N) is 1. The van der Waals surface area contributed by atoms with E-state index >= 15 is 0 Å². The molecule has 0 radical (unpaired) electrons. The molecule has 1 aromatic carbocycles. The van der Waals surface area contributed by atoms with E-state index in [0.29, 0.717) is 13.0 Å². The number of carbonyl (C=O) groups is 1. The summed E-state index contributed by atoms with van der Waals surface area (Å²) in [6, 6.07) is 7.72. The second-order valence-corrected chi connectivity index (χ2v) is 5.44. The molecule has 0 saturated carbocycles. The van der Waals surface area contributed by atoms with Crippen LogP contribution in [0.1, 0.15) is 38.7 Å². The van der Waals surface area contributed by atoms with Crippen LogP contribution in [-0.4, -0.2) is 29.8 Å². The van der Waals surface area contributed by atoms with Gasteiger partial charge < -0.3 is 15.2 Å². The van der Waals surface area contributed by atoms with Crippen LogP contribution in [0.5, 0.6) is 5.75 Å². The van der Waals surface area contributed by atoms with Crippen molar-refractivity contribution in [3.63, 3.8) is 0 Å². The van der Waals surface area contributed by atoms with Crippen molar-refractivity contribution in [2.75, 3.05) is 13.2 Å². The van der Waals surface area contributed by atoms with Crippen molar-refractivity contribution in [2.24, 2.45) is 0 Å². The minimum Gasteiger partial charge on any atom is -0.493 e. The van der Waals surface area contributed by atoms with Crippen LogP contribution in [0, 0.1) is 6.92 Å². The molecule has 0 aliphatic carbocycles. The lowest BCUT2D eigenvalue weighted by atomic mass is 10.0. The Hall–Kier alpha value is -1.55. The lowest BCUT2D eigenvalue weighted by Crippen LogP contribution is -2.40. The topological polar surface area (TPSA) is 58.6 Å². The van der Waals surface area contributed by atoms with E-state index in [-0.39, 0.29) is 18.9 Å². The first kappa shape index (κ1) is 16.5. The molecule has 0 saturated heterocycles. The standard InChI is InChI=1S/C16H25NO3/c1-4-10-16(3,19)12-17-15(18)9-11-20-14-7-5-13(2)6-8-14/h5-8,19H,4,9-12H2,1-3H3,(H,17,18). The van der Waals surface area contributed by atoms with Crippen LogP contribution in [0.3, 0.4) is 0 Å². The minimum atomic E-state index is -0.831. The van der Waals surface area contributed by atoms with Gasteiger partial charge in [0.2, 0.25) is 5.91 Å². The first-order valence-electron chi connectivity index (χ1n) is 7.11. The molecule has 0 aliphatic heterocycles. The summed E-state index contributed by atoms with van der Waals surface area (Å²) >= 11 is 0. The highest BCUT2D eigenvalue weighted by molar-refractivity contribution is 5.76. The predicted molar refractivity (Wildman–Crippen MR) is 79.8 cm³/mol. The summed E-state index contributed by atoms with van der Waals surface area (Å²) in [5.74, 6) is 0.662. The number of hydrogen-bond donors (Lipinski definition) is 2. The lowest BCUT2D eigenvalue weighted by Gasteiger charge is -2.22. The number of aliphatic hydroxyl groups is 1. The van der Waals surface area contributed by atoms with Crippen molar-refractivity contribution < 1.29 is 14.6 Å². The van der Waals surface area contributed by atoms with Crippen LogP contribution < -0.4 is 10.1 Å². The van der Waals surface area contributed by atoms with E-state index in [1.54, 1.807) is 6.92 Å². The normalized spacial score (nSPS) is 13.6. The van der Waals surface area contributed by atoms with Gasteiger partial charge in [0.1, 0.15) is 5.75 Å². The maximum Gasteiger partial charge on any atom is 0.223 e. The number of hydrogen-bond acceptors (Lipinski definition) is 3. The second-order valence-electron chi connectivity index (χ2n) is 5.44. The zero-order chi connectivity index (χ0) is 15.0. The van der Waals surface area contributed by atoms with Gasteiger partial charge in [-0.05, 0) is 32.4 Å². The highest BCUT2D eigenvalue weighted by atomic mass is 16.5. The summed E-state index contributed by atoms with van der Waals surface area (Å²) in [4.78, 5) is 11.6. The van der Waals surface area contributed by atoms with Gasteiger partial charge in [0, 0.05) is 6.54 Å². The number of ether oxygens (including phenoxy) is 1. The van der Waals surface area contributed by atoms with Gasteiger partial charge in [0.05, 0.1) is 18.6 Å². The number of carbonyl (C=O) groups excluding carboxylic acids is 1. The molecule has 0 aromatic heterocycles. The van der Waals surface area contributed by atoms with Crippen molar-refractivity contribution in [1.29, 1.82) is 0 Å². The molecule has 1 aromatic rings. The second kappa shape index (κ2) is 7.90. The molecule has 1 unspecified atom stereocenters. The fraction of sp³-hybridized carbons (Fsp3) is 0.562. The largest absolute Gasteiger partial charge is 0.493 e. The Morgan fingerprint density at radius 3 is 2.60 bits per heavy atom. The number of benzene rings is 1. The molecule has 0 heterocycles. The van der Waals surface area contributed by atoms with Gasteiger partial charge >= 0.3 is 0 Å². The molecule has 1 amide bonds. The highest BCUT2D eigenvalue weighted by Gasteiger charge is 2.19. The zero-order valence-corrected chi connectivity index (χ0v) is 12.6. The van der Waals surface area contributed by atoms with Crippen LogP contribution in [-0.2, 0) is 4.79 Å². The van der Waals surface area contributed by atoms with Crippen LogP contribution in [0.4, 0.5) is 0 Å². The minimum absolute atomic E-state index is 0.103. The molecule has 0 spiro atoms. The van der Waals surface area contributed by atoms with E-state index in [2.05, 4.69) is 5.32 Å². The molecule has 0 aliphatic rings. The summed E-state index contributed by atoms with van der Waals surface area (Å²) < 4.78 is 5.49. The summed E-state index contributed by atoms with van der Waals surface area (Å²) in [6.07, 6.45) is 1.85. The van der Waals surface area contributed by atoms with Gasteiger partial charge in [-0.2, -0.15) is 0 Å². The summed E-state index contributed by atoms with van der Waals surface area (Å²) in [5, 5.41) is 12.7. The average molecular weight is 279 g/mol. The predicted octanol–water partition coefficient (Wildman–Crippen LogP) is 2.43. The SMILES string of the molecule is CCCC(C)(O)CNC(=O)CCOc1ccc(C)cc1. The third-order valence-corrected chi connectivity index (χ3v) is 3.07. The van der Waals surface area contributed by atoms with Gasteiger partial charge in [-0.3, -0.25) is 4.79 Å². The molecule has 1 atom stereocenters. The van der Waals surface area contributed by atoms with Gasteiger partial charge in [0.15, 0.2) is 0 Å². The maximum absolute atomic E-state index is 11.6. The maximum atomic E-state index is 11.6. The zero-order valence-electron chi connectivity index (χ0n) is 12.6. The van der Waals surface area contributed by atoms with Crippen LogP contribution in [0.25, 0.3) is 0 Å². The summed E-state index contributed by atoms with van der Waals surface area (Å²) in [6.45, 7) is 6.37. The van der Waals surface area contributed by atoms with E-state index in [1.165, 1.54) is 5.56 Å². The van der Waals surface area contributed by atoms with Crippen molar-refractivity contribution >= 4 is 5.91 Å². The smallest absolute Gasteiger partial charge is 0.223 e. The molecule has 112 valence electrons. The fourth-order valence-electron chi connectivity index (χ4n) is 1.90. The highest BCUT2D eigenvalue weighted by Crippen LogP contribution is 2.12. The van der Waals surface area contributed by atoms with E-state index in [4.69, 9.17) is 4.74 Å². The first-order valence-corrected chi connectivity index (χ1v) is 7.11. The van der Waals surface area contributed by atoms with Gasteiger partial charge in [-0.15, -0.1) is 0 Å². The molecule has 20 heavy (non-hydrogen) atoms. The van der Waals surface area contributed by atoms with Gasteiger partial charge in [0.25, 0.3) is 0 Å². The van der Waals surface area contributed by atoms with Crippen LogP contribution >= 0.6 is 0 Å². The number of aryl methyl sites for hydroxylation is 1. The Balaban J connectivity index is 2.22. The van der Waals surface area contributed by atoms with E-state index < -0.39 is 5.60 Å². The van der Waals surface area contributed by atoms with Crippen molar-refractivity contribution in [1.82, 2.24) is 5.32 Å². The quantitative estimate of drug-likeness (QED) is 0.768. The molecular weight excluding hydrogens is 254 g/mol. The number of amides is 1. The van der Waals surface area contributed by atoms with Crippen LogP contribution in [0.2, 0.25) is 0 Å². The average Bonchev–Trinajstić information content (AvgIpc) is 2.39. The van der Waals surface area contributed by atoms with Crippen molar-refractivity contribution in [3.8, 4) is 5.75 Å². The molecule has 1 rings (SSSR count).